The standard InChI is InChI=1S/C23H16N2O4/c26-19-13-11-16(12-14-19)15-20-21(27)24(17-7-3-1-4-8-17)23(29)25(22(20)28)18-9-5-2-6-10-18/h1-15,26H. The van der Waals surface area contributed by atoms with E-state index in [4.69, 9.17) is 0 Å². The van der Waals surface area contributed by atoms with Gasteiger partial charge < -0.3 is 5.11 Å². The second-order valence-electron chi connectivity index (χ2n) is 6.38. The van der Waals surface area contributed by atoms with Crippen LogP contribution >= 0.6 is 0 Å². The Kier molecular flexibility index (Phi) is 4.66. The van der Waals surface area contributed by atoms with Crippen LogP contribution in [-0.4, -0.2) is 23.0 Å². The number of phenolic OH excluding ortho intramolecular Hbond substituents is 1. The Balaban J connectivity index is 1.86. The molecule has 0 unspecified atom stereocenters. The van der Waals surface area contributed by atoms with Crippen molar-refractivity contribution in [1.82, 2.24) is 0 Å². The number of amides is 4. The van der Waals surface area contributed by atoms with E-state index in [9.17, 15) is 19.5 Å². The minimum atomic E-state index is -0.736. The van der Waals surface area contributed by atoms with E-state index in [1.165, 1.54) is 18.2 Å². The minimum Gasteiger partial charge on any atom is -0.508 e. The van der Waals surface area contributed by atoms with Crippen molar-refractivity contribution >= 4 is 35.3 Å². The highest BCUT2D eigenvalue weighted by atomic mass is 16.3. The van der Waals surface area contributed by atoms with Crippen molar-refractivity contribution in [3.63, 3.8) is 0 Å². The van der Waals surface area contributed by atoms with Gasteiger partial charge in [-0.3, -0.25) is 9.59 Å². The van der Waals surface area contributed by atoms with Gasteiger partial charge in [0.2, 0.25) is 0 Å². The van der Waals surface area contributed by atoms with Crippen LogP contribution in [0.5, 0.6) is 5.75 Å². The Morgan fingerprint density at radius 3 is 1.52 bits per heavy atom. The lowest BCUT2D eigenvalue weighted by molar-refractivity contribution is -0.121. The molecule has 0 radical (unpaired) electrons. The third kappa shape index (κ3) is 3.39. The predicted molar refractivity (Wildman–Crippen MR) is 109 cm³/mol. The maximum atomic E-state index is 13.1. The van der Waals surface area contributed by atoms with Gasteiger partial charge >= 0.3 is 6.03 Å². The van der Waals surface area contributed by atoms with Crippen LogP contribution in [0.1, 0.15) is 5.56 Å². The van der Waals surface area contributed by atoms with E-state index in [1.807, 2.05) is 0 Å². The molecule has 1 heterocycles. The fourth-order valence-electron chi connectivity index (χ4n) is 3.08. The molecule has 3 aromatic carbocycles. The van der Waals surface area contributed by atoms with Crippen molar-refractivity contribution < 1.29 is 19.5 Å². The number of aromatic hydroxyl groups is 1. The van der Waals surface area contributed by atoms with E-state index in [0.29, 0.717) is 16.9 Å². The number of barbiturate groups is 1. The molecule has 3 aromatic rings. The maximum Gasteiger partial charge on any atom is 0.343 e. The van der Waals surface area contributed by atoms with Crippen LogP contribution in [0.2, 0.25) is 0 Å². The van der Waals surface area contributed by atoms with E-state index in [1.54, 1.807) is 72.8 Å². The first-order chi connectivity index (χ1) is 14.1. The van der Waals surface area contributed by atoms with Crippen LogP contribution in [0.4, 0.5) is 16.2 Å². The quantitative estimate of drug-likeness (QED) is 0.547. The lowest BCUT2D eigenvalue weighted by Crippen LogP contribution is -2.57. The molecule has 0 saturated carbocycles. The zero-order chi connectivity index (χ0) is 20.4. The molecule has 0 aromatic heterocycles. The summed E-state index contributed by atoms with van der Waals surface area (Å²) in [6, 6.07) is 22.3. The molecule has 0 bridgehead atoms. The van der Waals surface area contributed by atoms with Gasteiger partial charge in [-0.1, -0.05) is 48.5 Å². The van der Waals surface area contributed by atoms with Gasteiger partial charge in [0.1, 0.15) is 11.3 Å². The summed E-state index contributed by atoms with van der Waals surface area (Å²) in [7, 11) is 0. The highest BCUT2D eigenvalue weighted by Gasteiger charge is 2.43. The van der Waals surface area contributed by atoms with Gasteiger partial charge in [-0.05, 0) is 48.0 Å². The predicted octanol–water partition coefficient (Wildman–Crippen LogP) is 3.98. The van der Waals surface area contributed by atoms with Gasteiger partial charge in [-0.15, -0.1) is 0 Å². The molecule has 4 rings (SSSR count). The molecule has 142 valence electrons. The summed E-state index contributed by atoms with van der Waals surface area (Å²) in [5.74, 6) is -1.33. The van der Waals surface area contributed by atoms with E-state index in [0.717, 1.165) is 9.80 Å². The lowest BCUT2D eigenvalue weighted by Gasteiger charge is -2.33. The fourth-order valence-corrected chi connectivity index (χ4v) is 3.08. The molecular weight excluding hydrogens is 368 g/mol. The number of rotatable bonds is 3. The number of benzene rings is 3. The van der Waals surface area contributed by atoms with Crippen molar-refractivity contribution in [2.75, 3.05) is 9.80 Å². The van der Waals surface area contributed by atoms with Gasteiger partial charge in [0, 0.05) is 0 Å². The summed E-state index contributed by atoms with van der Waals surface area (Å²) in [6.45, 7) is 0. The summed E-state index contributed by atoms with van der Waals surface area (Å²) < 4.78 is 0. The van der Waals surface area contributed by atoms with Gasteiger partial charge in [-0.25, -0.2) is 14.6 Å². The first-order valence-corrected chi connectivity index (χ1v) is 8.90. The Morgan fingerprint density at radius 2 is 1.07 bits per heavy atom. The van der Waals surface area contributed by atoms with Crippen molar-refractivity contribution in [1.29, 1.82) is 0 Å². The van der Waals surface area contributed by atoms with Crippen LogP contribution in [-0.2, 0) is 9.59 Å². The number of para-hydroxylation sites is 2. The third-order valence-corrected chi connectivity index (χ3v) is 4.48. The molecule has 29 heavy (non-hydrogen) atoms. The number of anilines is 2. The van der Waals surface area contributed by atoms with Gasteiger partial charge in [-0.2, -0.15) is 0 Å². The molecule has 0 spiro atoms. The smallest absolute Gasteiger partial charge is 0.343 e. The Morgan fingerprint density at radius 1 is 0.621 bits per heavy atom. The normalized spacial score (nSPS) is 14.3. The molecule has 0 atom stereocenters. The summed E-state index contributed by atoms with van der Waals surface area (Å²) in [5, 5.41) is 9.47. The van der Waals surface area contributed by atoms with Crippen LogP contribution in [0.25, 0.3) is 6.08 Å². The Labute approximate surface area is 166 Å². The van der Waals surface area contributed by atoms with Gasteiger partial charge in [0.05, 0.1) is 11.4 Å². The number of carbonyl (C=O) groups excluding carboxylic acids is 3. The number of hydrogen-bond donors (Lipinski definition) is 1. The van der Waals surface area contributed by atoms with E-state index in [2.05, 4.69) is 0 Å². The van der Waals surface area contributed by atoms with Crippen molar-refractivity contribution in [3.8, 4) is 5.75 Å². The number of nitrogens with zero attached hydrogens (tertiary/aromatic N) is 2. The average molecular weight is 384 g/mol. The largest absolute Gasteiger partial charge is 0.508 e. The number of urea groups is 1. The van der Waals surface area contributed by atoms with Crippen LogP contribution in [0.15, 0.2) is 90.5 Å². The summed E-state index contributed by atoms with van der Waals surface area (Å²) in [5.41, 5.74) is 1.14. The average Bonchev–Trinajstić information content (AvgIpc) is 2.74. The van der Waals surface area contributed by atoms with Crippen molar-refractivity contribution in [2.45, 2.75) is 0 Å². The zero-order valence-corrected chi connectivity index (χ0v) is 15.2. The summed E-state index contributed by atoms with van der Waals surface area (Å²) >= 11 is 0. The molecule has 1 aliphatic heterocycles. The highest BCUT2D eigenvalue weighted by molar-refractivity contribution is 6.46. The summed E-state index contributed by atoms with van der Waals surface area (Å²) in [4.78, 5) is 41.4. The Bertz CT molecular complexity index is 1040. The maximum absolute atomic E-state index is 13.1. The first-order valence-electron chi connectivity index (χ1n) is 8.90. The lowest BCUT2D eigenvalue weighted by atomic mass is 10.0. The first kappa shape index (κ1) is 18.2. The number of phenols is 1. The van der Waals surface area contributed by atoms with Crippen LogP contribution in [0, 0.1) is 0 Å². The topological polar surface area (TPSA) is 77.9 Å². The zero-order valence-electron chi connectivity index (χ0n) is 15.2. The number of hydrogen-bond acceptors (Lipinski definition) is 4. The summed E-state index contributed by atoms with van der Waals surface area (Å²) in [6.07, 6.45) is 1.42. The number of carbonyl (C=O) groups is 3. The van der Waals surface area contributed by atoms with E-state index >= 15 is 0 Å². The molecule has 6 heteroatoms. The van der Waals surface area contributed by atoms with Crippen LogP contribution < -0.4 is 9.80 Å². The fraction of sp³-hybridized carbons (Fsp3) is 0. The molecule has 1 N–H and O–H groups in total. The molecule has 1 fully saturated rings. The van der Waals surface area contributed by atoms with Gasteiger partial charge in [0.25, 0.3) is 11.8 Å². The monoisotopic (exact) mass is 384 g/mol. The third-order valence-electron chi connectivity index (χ3n) is 4.48. The second-order valence-corrected chi connectivity index (χ2v) is 6.38. The molecule has 1 saturated heterocycles. The molecule has 4 amide bonds. The molecular formula is C23H16N2O4. The molecule has 0 aliphatic carbocycles. The van der Waals surface area contributed by atoms with Crippen molar-refractivity contribution in [3.05, 3.63) is 96.1 Å². The SMILES string of the molecule is O=C1C(=Cc2ccc(O)cc2)C(=O)N(c2ccccc2)C(=O)N1c1ccccc1. The van der Waals surface area contributed by atoms with Gasteiger partial charge in [0.15, 0.2) is 0 Å². The van der Waals surface area contributed by atoms with E-state index < -0.39 is 17.8 Å². The molecule has 1 aliphatic rings. The molecule has 6 nitrogen and oxygen atoms in total. The van der Waals surface area contributed by atoms with Crippen LogP contribution in [0.3, 0.4) is 0 Å². The minimum absolute atomic E-state index is 0.0699. The second kappa shape index (κ2) is 7.44. The van der Waals surface area contributed by atoms with E-state index in [-0.39, 0.29) is 11.3 Å². The highest BCUT2D eigenvalue weighted by Crippen LogP contribution is 2.29. The Hall–Kier alpha value is -4.19. The van der Waals surface area contributed by atoms with Crippen molar-refractivity contribution in [2.24, 2.45) is 0 Å². The number of imide groups is 2.